The normalized spacial score (nSPS) is 25.6. The molecule has 0 aromatic heterocycles. The van der Waals surface area contributed by atoms with Gasteiger partial charge in [-0.1, -0.05) is 34.6 Å². The van der Waals surface area contributed by atoms with Gasteiger partial charge >= 0.3 is 5.97 Å². The lowest BCUT2D eigenvalue weighted by Gasteiger charge is -2.40. The molecule has 0 spiro atoms. The van der Waals surface area contributed by atoms with Gasteiger partial charge in [-0.2, -0.15) is 0 Å². The fourth-order valence-electron chi connectivity index (χ4n) is 4.21. The Morgan fingerprint density at radius 1 is 1.27 bits per heavy atom. The molecule has 0 aliphatic carbocycles. The lowest BCUT2D eigenvalue weighted by atomic mass is 9.91. The van der Waals surface area contributed by atoms with Crippen LogP contribution in [-0.4, -0.2) is 88.0 Å². The SMILES string of the molecule is COCCCNC1N=C(C(C)(C)C)N=CC1C(=O)N(CC(C)C)[C@@H]1CNC[C@H](C(=O)OC)C1. The Balaban J connectivity index is 2.25. The van der Waals surface area contributed by atoms with Crippen LogP contribution in [0.2, 0.25) is 0 Å². The molecule has 0 bridgehead atoms. The molecule has 0 saturated carbocycles. The molecule has 0 aromatic rings. The van der Waals surface area contributed by atoms with E-state index in [0.717, 1.165) is 12.3 Å². The smallest absolute Gasteiger partial charge is 0.310 e. The highest BCUT2D eigenvalue weighted by Crippen LogP contribution is 2.25. The molecule has 2 aliphatic heterocycles. The van der Waals surface area contributed by atoms with Crippen molar-refractivity contribution in [1.29, 1.82) is 0 Å². The lowest BCUT2D eigenvalue weighted by molar-refractivity contribution is -0.148. The predicted octanol–water partition coefficient (Wildman–Crippen LogP) is 1.72. The molecule has 1 fully saturated rings. The van der Waals surface area contributed by atoms with Crippen molar-refractivity contribution in [1.82, 2.24) is 15.5 Å². The van der Waals surface area contributed by atoms with Gasteiger partial charge in [-0.3, -0.25) is 14.9 Å². The molecule has 2 N–H and O–H groups in total. The predicted molar refractivity (Wildman–Crippen MR) is 130 cm³/mol. The zero-order valence-electron chi connectivity index (χ0n) is 21.4. The Morgan fingerprint density at radius 3 is 2.61 bits per heavy atom. The summed E-state index contributed by atoms with van der Waals surface area (Å²) >= 11 is 0. The summed E-state index contributed by atoms with van der Waals surface area (Å²) in [6, 6.07) is -0.0896. The van der Waals surface area contributed by atoms with Gasteiger partial charge in [0.05, 0.1) is 13.0 Å². The van der Waals surface area contributed by atoms with E-state index in [1.165, 1.54) is 7.11 Å². The molecule has 1 saturated heterocycles. The van der Waals surface area contributed by atoms with Gasteiger partial charge in [0.1, 0.15) is 17.9 Å². The molecule has 2 heterocycles. The third-order valence-electron chi connectivity index (χ3n) is 5.94. The van der Waals surface area contributed by atoms with Gasteiger partial charge in [-0.15, -0.1) is 0 Å². The number of rotatable bonds is 10. The van der Waals surface area contributed by atoms with Gasteiger partial charge < -0.3 is 19.7 Å². The van der Waals surface area contributed by atoms with Crippen LogP contribution in [-0.2, 0) is 19.1 Å². The molecule has 2 unspecified atom stereocenters. The standard InChI is InChI=1S/C24H43N5O4/c1-16(2)15-29(18-11-17(12-25-13-18)22(31)33-7)21(30)19-14-27-23(24(3,4)5)28-20(19)26-9-8-10-32-6/h14,16-20,25-26H,8-13,15H2,1-7H3/t17-,18+,19?,20?/m1/s1. The van der Waals surface area contributed by atoms with E-state index in [2.05, 4.69) is 50.2 Å². The zero-order valence-corrected chi connectivity index (χ0v) is 21.4. The Hall–Kier alpha value is -1.84. The summed E-state index contributed by atoms with van der Waals surface area (Å²) in [6.07, 6.45) is 2.79. The van der Waals surface area contributed by atoms with E-state index in [1.54, 1.807) is 13.3 Å². The maximum atomic E-state index is 13.9. The van der Waals surface area contributed by atoms with E-state index in [-0.39, 0.29) is 41.3 Å². The quantitative estimate of drug-likeness (QED) is 0.376. The van der Waals surface area contributed by atoms with Gasteiger partial charge in [-0.05, 0) is 25.3 Å². The van der Waals surface area contributed by atoms with E-state index in [0.29, 0.717) is 39.2 Å². The number of amides is 1. The number of ether oxygens (including phenoxy) is 2. The zero-order chi connectivity index (χ0) is 24.6. The van der Waals surface area contributed by atoms with Gasteiger partial charge in [0.15, 0.2) is 0 Å². The van der Waals surface area contributed by atoms with Crippen molar-refractivity contribution in [3.63, 3.8) is 0 Å². The fourth-order valence-corrected chi connectivity index (χ4v) is 4.21. The van der Waals surface area contributed by atoms with Crippen molar-refractivity contribution in [2.24, 2.45) is 33.2 Å². The second-order valence-electron chi connectivity index (χ2n) is 10.4. The molecular formula is C24H43N5O4. The van der Waals surface area contributed by atoms with Crippen molar-refractivity contribution >= 4 is 23.9 Å². The topological polar surface area (TPSA) is 105 Å². The monoisotopic (exact) mass is 465 g/mol. The molecule has 9 nitrogen and oxygen atoms in total. The number of methoxy groups -OCH3 is 2. The van der Waals surface area contributed by atoms with Crippen LogP contribution in [0.15, 0.2) is 9.98 Å². The van der Waals surface area contributed by atoms with E-state index in [9.17, 15) is 9.59 Å². The first-order valence-electron chi connectivity index (χ1n) is 12.0. The number of hydrogen-bond donors (Lipinski definition) is 2. The van der Waals surface area contributed by atoms with Crippen molar-refractivity contribution in [3.8, 4) is 0 Å². The van der Waals surface area contributed by atoms with E-state index in [4.69, 9.17) is 14.5 Å². The fraction of sp³-hybridized carbons (Fsp3) is 0.833. The largest absolute Gasteiger partial charge is 0.469 e. The van der Waals surface area contributed by atoms with Crippen LogP contribution < -0.4 is 10.6 Å². The molecule has 2 rings (SSSR count). The van der Waals surface area contributed by atoms with E-state index in [1.807, 2.05) is 4.90 Å². The van der Waals surface area contributed by atoms with Crippen LogP contribution in [0.1, 0.15) is 47.5 Å². The lowest BCUT2D eigenvalue weighted by Crippen LogP contribution is -2.57. The Morgan fingerprint density at radius 2 is 2.00 bits per heavy atom. The summed E-state index contributed by atoms with van der Waals surface area (Å²) in [6.45, 7) is 13.6. The first kappa shape index (κ1) is 27.4. The average Bonchev–Trinajstić information content (AvgIpc) is 2.78. The minimum absolute atomic E-state index is 0.00860. The van der Waals surface area contributed by atoms with Crippen LogP contribution in [0, 0.1) is 23.2 Å². The van der Waals surface area contributed by atoms with Gasteiger partial charge in [0.25, 0.3) is 0 Å². The number of carbonyl (C=O) groups is 2. The summed E-state index contributed by atoms with van der Waals surface area (Å²) in [5, 5.41) is 6.75. The summed E-state index contributed by atoms with van der Waals surface area (Å²) in [5.74, 6) is 0.0119. The number of piperidine rings is 1. The Labute approximate surface area is 198 Å². The maximum Gasteiger partial charge on any atom is 0.310 e. The summed E-state index contributed by atoms with van der Waals surface area (Å²) in [4.78, 5) is 37.4. The van der Waals surface area contributed by atoms with Gasteiger partial charge in [0, 0.05) is 51.0 Å². The second kappa shape index (κ2) is 12.6. The molecule has 0 radical (unpaired) electrons. The van der Waals surface area contributed by atoms with Crippen molar-refractivity contribution < 1.29 is 19.1 Å². The minimum Gasteiger partial charge on any atom is -0.469 e. The first-order chi connectivity index (χ1) is 15.6. The highest BCUT2D eigenvalue weighted by Gasteiger charge is 2.39. The van der Waals surface area contributed by atoms with Gasteiger partial charge in [0.2, 0.25) is 5.91 Å². The molecule has 188 valence electrons. The highest BCUT2D eigenvalue weighted by atomic mass is 16.5. The number of carbonyl (C=O) groups excluding carboxylic acids is 2. The highest BCUT2D eigenvalue weighted by molar-refractivity contribution is 6.03. The maximum absolute atomic E-state index is 13.9. The number of amidine groups is 1. The summed E-state index contributed by atoms with van der Waals surface area (Å²) in [7, 11) is 3.09. The summed E-state index contributed by atoms with van der Waals surface area (Å²) in [5.41, 5.74) is -0.213. The van der Waals surface area contributed by atoms with Crippen molar-refractivity contribution in [3.05, 3.63) is 0 Å². The Bertz CT molecular complexity index is 716. The van der Waals surface area contributed by atoms with Crippen LogP contribution in [0.25, 0.3) is 0 Å². The number of hydrogen-bond acceptors (Lipinski definition) is 8. The van der Waals surface area contributed by atoms with Crippen molar-refractivity contribution in [2.75, 3.05) is 47.0 Å². The molecular weight excluding hydrogens is 422 g/mol. The molecule has 33 heavy (non-hydrogen) atoms. The van der Waals surface area contributed by atoms with Crippen LogP contribution in [0.4, 0.5) is 0 Å². The number of aliphatic imine (C=N–C) groups is 2. The molecule has 0 aromatic carbocycles. The minimum atomic E-state index is -0.504. The number of nitrogens with one attached hydrogen (secondary N) is 2. The number of esters is 1. The van der Waals surface area contributed by atoms with Crippen LogP contribution >= 0.6 is 0 Å². The molecule has 1 amide bonds. The average molecular weight is 466 g/mol. The summed E-state index contributed by atoms with van der Waals surface area (Å²) < 4.78 is 10.1. The third-order valence-corrected chi connectivity index (χ3v) is 5.94. The number of nitrogens with zero attached hydrogens (tertiary/aromatic N) is 3. The molecule has 4 atom stereocenters. The third kappa shape index (κ3) is 7.86. The first-order valence-corrected chi connectivity index (χ1v) is 12.0. The second-order valence-corrected chi connectivity index (χ2v) is 10.4. The van der Waals surface area contributed by atoms with Crippen molar-refractivity contribution in [2.45, 2.75) is 59.7 Å². The van der Waals surface area contributed by atoms with Crippen LogP contribution in [0.3, 0.4) is 0 Å². The molecule has 2 aliphatic rings. The van der Waals surface area contributed by atoms with E-state index >= 15 is 0 Å². The molecule has 9 heteroatoms. The van der Waals surface area contributed by atoms with Crippen LogP contribution in [0.5, 0.6) is 0 Å². The van der Waals surface area contributed by atoms with Gasteiger partial charge in [-0.25, -0.2) is 9.98 Å². The van der Waals surface area contributed by atoms with E-state index < -0.39 is 5.92 Å². The Kier molecular flexibility index (Phi) is 10.4.